The number of hydrogen-bond acceptors (Lipinski definition) is 6. The van der Waals surface area contributed by atoms with E-state index < -0.39 is 0 Å². The molecular weight excluding hydrogens is 386 g/mol. The molecule has 2 heterocycles. The number of imidazole rings is 1. The van der Waals surface area contributed by atoms with Gasteiger partial charge in [0.05, 0.1) is 24.9 Å². The van der Waals surface area contributed by atoms with Gasteiger partial charge in [-0.25, -0.2) is 9.97 Å². The molecule has 2 aromatic heterocycles. The van der Waals surface area contributed by atoms with Crippen LogP contribution in [0.15, 0.2) is 53.6 Å². The number of esters is 1. The number of oxazole rings is 1. The Labute approximate surface area is 166 Å². The molecule has 1 aromatic carbocycles. The molecule has 1 unspecified atom stereocenters. The number of aromatic nitrogens is 3. The van der Waals surface area contributed by atoms with Gasteiger partial charge < -0.3 is 13.7 Å². The highest BCUT2D eigenvalue weighted by atomic mass is 35.5. The Morgan fingerprint density at radius 2 is 2.19 bits per heavy atom. The predicted octanol–water partition coefficient (Wildman–Crippen LogP) is 4.45. The van der Waals surface area contributed by atoms with Crippen LogP contribution in [0, 0.1) is 0 Å². The molecule has 0 saturated carbocycles. The molecule has 0 aliphatic heterocycles. The van der Waals surface area contributed by atoms with Crippen LogP contribution in [-0.2, 0) is 21.8 Å². The van der Waals surface area contributed by atoms with Crippen molar-refractivity contribution in [3.8, 4) is 11.3 Å². The normalized spacial score (nSPS) is 12.1. The van der Waals surface area contributed by atoms with Crippen LogP contribution in [0.5, 0.6) is 0 Å². The molecule has 0 N–H and O–H groups in total. The average molecular weight is 406 g/mol. The first-order valence-electron chi connectivity index (χ1n) is 8.56. The van der Waals surface area contributed by atoms with E-state index in [1.807, 2.05) is 29.8 Å². The van der Waals surface area contributed by atoms with Crippen molar-refractivity contribution in [2.45, 2.75) is 30.9 Å². The van der Waals surface area contributed by atoms with E-state index in [1.165, 1.54) is 11.8 Å². The summed E-state index contributed by atoms with van der Waals surface area (Å²) in [4.78, 5) is 20.3. The Hall–Kier alpha value is -2.25. The first-order chi connectivity index (χ1) is 13.1. The number of aryl methyl sites for hydroxylation is 1. The van der Waals surface area contributed by atoms with Crippen LogP contribution in [0.2, 0.25) is 5.02 Å². The van der Waals surface area contributed by atoms with E-state index in [-0.39, 0.29) is 11.2 Å². The number of ether oxygens (including phenoxy) is 1. The highest BCUT2D eigenvalue weighted by Crippen LogP contribution is 2.25. The monoisotopic (exact) mass is 405 g/mol. The molecule has 6 nitrogen and oxygen atoms in total. The van der Waals surface area contributed by atoms with Crippen LogP contribution in [0.1, 0.15) is 19.2 Å². The van der Waals surface area contributed by atoms with Gasteiger partial charge in [0.25, 0.3) is 0 Å². The molecule has 0 amide bonds. The van der Waals surface area contributed by atoms with E-state index in [1.54, 1.807) is 30.9 Å². The quantitative estimate of drug-likeness (QED) is 0.387. The molecule has 142 valence electrons. The molecule has 0 bridgehead atoms. The van der Waals surface area contributed by atoms with Crippen molar-refractivity contribution in [1.29, 1.82) is 0 Å². The maximum Gasteiger partial charge on any atom is 0.318 e. The third-order valence-electron chi connectivity index (χ3n) is 3.84. The number of hydrogen-bond donors (Lipinski definition) is 0. The molecule has 8 heteroatoms. The second kappa shape index (κ2) is 9.62. The highest BCUT2D eigenvalue weighted by molar-refractivity contribution is 7.99. The third kappa shape index (κ3) is 5.87. The summed E-state index contributed by atoms with van der Waals surface area (Å²) in [6.07, 6.45) is 7.79. The Morgan fingerprint density at radius 3 is 2.93 bits per heavy atom. The lowest BCUT2D eigenvalue weighted by Crippen LogP contribution is -2.18. The fourth-order valence-electron chi connectivity index (χ4n) is 2.35. The third-order valence-corrected chi connectivity index (χ3v) is 5.19. The SMILES string of the molecule is CC(SCc1ncc(-c2ccc(Cl)cc2)o1)C(=O)OCCCn1ccnc1. The highest BCUT2D eigenvalue weighted by Gasteiger charge is 2.16. The minimum Gasteiger partial charge on any atom is -0.465 e. The molecule has 1 atom stereocenters. The fourth-order valence-corrected chi connectivity index (χ4v) is 3.20. The molecule has 27 heavy (non-hydrogen) atoms. The van der Waals surface area contributed by atoms with Crippen molar-refractivity contribution in [1.82, 2.24) is 14.5 Å². The van der Waals surface area contributed by atoms with Crippen molar-refractivity contribution in [3.63, 3.8) is 0 Å². The van der Waals surface area contributed by atoms with Crippen molar-refractivity contribution in [2.75, 3.05) is 6.61 Å². The van der Waals surface area contributed by atoms with E-state index in [0.717, 1.165) is 18.5 Å². The van der Waals surface area contributed by atoms with Crippen LogP contribution in [0.4, 0.5) is 0 Å². The summed E-state index contributed by atoms with van der Waals surface area (Å²) in [5.74, 6) is 1.52. The smallest absolute Gasteiger partial charge is 0.318 e. The zero-order valence-corrected chi connectivity index (χ0v) is 16.4. The van der Waals surface area contributed by atoms with Gasteiger partial charge in [-0.1, -0.05) is 11.6 Å². The summed E-state index contributed by atoms with van der Waals surface area (Å²) in [6.45, 7) is 2.99. The summed E-state index contributed by atoms with van der Waals surface area (Å²) < 4.78 is 13.0. The van der Waals surface area contributed by atoms with Crippen LogP contribution in [0.3, 0.4) is 0 Å². The molecule has 0 fully saturated rings. The van der Waals surface area contributed by atoms with E-state index in [2.05, 4.69) is 9.97 Å². The number of halogens is 1. The predicted molar refractivity (Wildman–Crippen MR) is 106 cm³/mol. The summed E-state index contributed by atoms with van der Waals surface area (Å²) in [7, 11) is 0. The zero-order chi connectivity index (χ0) is 19.1. The largest absolute Gasteiger partial charge is 0.465 e. The molecule has 0 radical (unpaired) electrons. The first kappa shape index (κ1) is 19.5. The van der Waals surface area contributed by atoms with Gasteiger partial charge in [0.1, 0.15) is 5.25 Å². The van der Waals surface area contributed by atoms with E-state index >= 15 is 0 Å². The Morgan fingerprint density at radius 1 is 1.37 bits per heavy atom. The number of nitrogens with zero attached hydrogens (tertiary/aromatic N) is 3. The van der Waals surface area contributed by atoms with Gasteiger partial charge in [-0.3, -0.25) is 4.79 Å². The molecule has 3 rings (SSSR count). The average Bonchev–Trinajstić information content (AvgIpc) is 3.35. The lowest BCUT2D eigenvalue weighted by atomic mass is 10.2. The topological polar surface area (TPSA) is 70.2 Å². The summed E-state index contributed by atoms with van der Waals surface area (Å²) in [5.41, 5.74) is 0.911. The molecular formula is C19H20ClN3O3S. The van der Waals surface area contributed by atoms with Gasteiger partial charge in [0, 0.05) is 29.5 Å². The number of thioether (sulfide) groups is 1. The van der Waals surface area contributed by atoms with Crippen molar-refractivity contribution in [3.05, 3.63) is 60.1 Å². The van der Waals surface area contributed by atoms with Gasteiger partial charge in [-0.05, 0) is 37.6 Å². The minimum atomic E-state index is -0.288. The summed E-state index contributed by atoms with van der Waals surface area (Å²) >= 11 is 7.33. The van der Waals surface area contributed by atoms with E-state index in [0.29, 0.717) is 29.0 Å². The maximum absolute atomic E-state index is 12.1. The second-order valence-corrected chi connectivity index (χ2v) is 7.67. The lowest BCUT2D eigenvalue weighted by Gasteiger charge is -2.10. The van der Waals surface area contributed by atoms with Crippen LogP contribution < -0.4 is 0 Å². The maximum atomic E-state index is 12.1. The van der Waals surface area contributed by atoms with E-state index in [4.69, 9.17) is 20.8 Å². The Kier molecular flexibility index (Phi) is 6.95. The number of benzene rings is 1. The minimum absolute atomic E-state index is 0.227. The van der Waals surface area contributed by atoms with Gasteiger partial charge in [0.2, 0.25) is 5.89 Å². The van der Waals surface area contributed by atoms with Crippen LogP contribution in [-0.4, -0.2) is 32.4 Å². The lowest BCUT2D eigenvalue weighted by molar-refractivity contribution is -0.142. The Bertz CT molecular complexity index is 849. The standard InChI is InChI=1S/C19H20ClN3O3S/c1-14(19(24)25-10-2-8-23-9-7-21-13-23)27-12-18-22-11-17(26-18)15-3-5-16(20)6-4-15/h3-7,9,11,13-14H,2,8,10,12H2,1H3. The van der Waals surface area contributed by atoms with Crippen molar-refractivity contribution in [2.24, 2.45) is 0 Å². The van der Waals surface area contributed by atoms with Gasteiger partial charge in [-0.15, -0.1) is 11.8 Å². The molecule has 0 spiro atoms. The summed E-state index contributed by atoms with van der Waals surface area (Å²) in [6, 6.07) is 7.37. The fraction of sp³-hybridized carbons (Fsp3) is 0.316. The molecule has 3 aromatic rings. The van der Waals surface area contributed by atoms with Crippen LogP contribution in [0.25, 0.3) is 11.3 Å². The Balaban J connectivity index is 1.40. The van der Waals surface area contributed by atoms with Gasteiger partial charge >= 0.3 is 5.97 Å². The molecule has 0 aliphatic carbocycles. The zero-order valence-electron chi connectivity index (χ0n) is 14.9. The molecule has 0 aliphatic rings. The second-order valence-electron chi connectivity index (χ2n) is 5.90. The first-order valence-corrected chi connectivity index (χ1v) is 9.99. The van der Waals surface area contributed by atoms with Gasteiger partial charge in [-0.2, -0.15) is 0 Å². The summed E-state index contributed by atoms with van der Waals surface area (Å²) in [5, 5.41) is 0.385. The number of carbonyl (C=O) groups excluding carboxylic acids is 1. The molecule has 0 saturated heterocycles. The van der Waals surface area contributed by atoms with Crippen LogP contribution >= 0.6 is 23.4 Å². The van der Waals surface area contributed by atoms with Gasteiger partial charge in [0.15, 0.2) is 5.76 Å². The van der Waals surface area contributed by atoms with Crippen molar-refractivity contribution >= 4 is 29.3 Å². The van der Waals surface area contributed by atoms with Crippen molar-refractivity contribution < 1.29 is 13.9 Å². The van der Waals surface area contributed by atoms with E-state index in [9.17, 15) is 4.79 Å². The number of carbonyl (C=O) groups is 1. The number of rotatable bonds is 9.